The molecule has 0 aliphatic carbocycles. The lowest BCUT2D eigenvalue weighted by Gasteiger charge is -2.14. The molecule has 1 heterocycles. The van der Waals surface area contributed by atoms with Crippen molar-refractivity contribution in [2.24, 2.45) is 0 Å². The third-order valence-electron chi connectivity index (χ3n) is 3.19. The Bertz CT molecular complexity index is 696. The Morgan fingerprint density at radius 2 is 1.86 bits per heavy atom. The molecule has 116 valence electrons. The molecule has 0 fully saturated rings. The summed E-state index contributed by atoms with van der Waals surface area (Å²) in [4.78, 5) is 15.7. The number of halogens is 3. The lowest BCUT2D eigenvalue weighted by molar-refractivity contribution is -0.136. The number of carbonyl (C=O) groups is 1. The van der Waals surface area contributed by atoms with Crippen molar-refractivity contribution >= 4 is 17.3 Å². The van der Waals surface area contributed by atoms with Crippen LogP contribution in [0.2, 0.25) is 0 Å². The van der Waals surface area contributed by atoms with Crippen molar-refractivity contribution in [3.8, 4) is 0 Å². The highest BCUT2D eigenvalue weighted by Crippen LogP contribution is 2.35. The van der Waals surface area contributed by atoms with Gasteiger partial charge in [-0.1, -0.05) is 25.1 Å². The number of rotatable bonds is 4. The summed E-state index contributed by atoms with van der Waals surface area (Å²) >= 11 is 0. The molecule has 0 saturated heterocycles. The molecule has 0 atom stereocenters. The van der Waals surface area contributed by atoms with E-state index in [4.69, 9.17) is 0 Å². The molecule has 0 spiro atoms. The standard InChI is InChI=1S/C16H15F3N2O/c1-3-11-8-9-14(21-15(11)10(2)22)20-13-7-5-4-6-12(13)16(17,18)19/h4-9H,3H2,1-2H3,(H,20,21). The molecule has 22 heavy (non-hydrogen) atoms. The molecule has 1 aromatic heterocycles. The Morgan fingerprint density at radius 1 is 1.18 bits per heavy atom. The maximum absolute atomic E-state index is 13.0. The first-order valence-electron chi connectivity index (χ1n) is 6.77. The minimum atomic E-state index is -4.46. The highest BCUT2D eigenvalue weighted by Gasteiger charge is 2.33. The van der Waals surface area contributed by atoms with E-state index in [9.17, 15) is 18.0 Å². The smallest absolute Gasteiger partial charge is 0.340 e. The van der Waals surface area contributed by atoms with Crippen molar-refractivity contribution < 1.29 is 18.0 Å². The summed E-state index contributed by atoms with van der Waals surface area (Å²) in [7, 11) is 0. The minimum Gasteiger partial charge on any atom is -0.340 e. The Kier molecular flexibility index (Phi) is 4.49. The van der Waals surface area contributed by atoms with Gasteiger partial charge in [0.05, 0.1) is 11.3 Å². The first-order chi connectivity index (χ1) is 10.3. The zero-order chi connectivity index (χ0) is 16.3. The molecule has 0 amide bonds. The normalized spacial score (nSPS) is 11.3. The van der Waals surface area contributed by atoms with Crippen LogP contribution in [0.1, 0.15) is 35.5 Å². The number of para-hydroxylation sites is 1. The van der Waals surface area contributed by atoms with Crippen LogP contribution in [0, 0.1) is 0 Å². The van der Waals surface area contributed by atoms with Gasteiger partial charge in [0, 0.05) is 6.92 Å². The molecule has 1 aromatic carbocycles. The number of Topliss-reactive ketones (excluding diaryl/α,β-unsaturated/α-hetero) is 1. The van der Waals surface area contributed by atoms with Gasteiger partial charge in [0.2, 0.25) is 0 Å². The van der Waals surface area contributed by atoms with Crippen molar-refractivity contribution in [2.45, 2.75) is 26.4 Å². The van der Waals surface area contributed by atoms with Crippen LogP contribution in [-0.4, -0.2) is 10.8 Å². The monoisotopic (exact) mass is 308 g/mol. The predicted molar refractivity (Wildman–Crippen MR) is 78.3 cm³/mol. The number of benzene rings is 1. The number of pyridine rings is 1. The van der Waals surface area contributed by atoms with Crippen LogP contribution in [-0.2, 0) is 12.6 Å². The van der Waals surface area contributed by atoms with Gasteiger partial charge in [0.15, 0.2) is 5.78 Å². The summed E-state index contributed by atoms with van der Waals surface area (Å²) in [6, 6.07) is 8.41. The molecule has 1 N–H and O–H groups in total. The van der Waals surface area contributed by atoms with Crippen LogP contribution in [0.15, 0.2) is 36.4 Å². The highest BCUT2D eigenvalue weighted by atomic mass is 19.4. The quantitative estimate of drug-likeness (QED) is 0.839. The van der Waals surface area contributed by atoms with E-state index in [2.05, 4.69) is 10.3 Å². The lowest BCUT2D eigenvalue weighted by Crippen LogP contribution is -2.10. The number of nitrogens with one attached hydrogen (secondary N) is 1. The average molecular weight is 308 g/mol. The van der Waals surface area contributed by atoms with E-state index in [0.29, 0.717) is 6.42 Å². The second-order valence-electron chi connectivity index (χ2n) is 4.78. The second-order valence-corrected chi connectivity index (χ2v) is 4.78. The number of alkyl halides is 3. The molecule has 0 saturated carbocycles. The molecule has 3 nitrogen and oxygen atoms in total. The fraction of sp³-hybridized carbons (Fsp3) is 0.250. The highest BCUT2D eigenvalue weighted by molar-refractivity contribution is 5.94. The van der Waals surface area contributed by atoms with Gasteiger partial charge in [-0.15, -0.1) is 0 Å². The van der Waals surface area contributed by atoms with Crippen LogP contribution >= 0.6 is 0 Å². The maximum atomic E-state index is 13.0. The van der Waals surface area contributed by atoms with Crippen LogP contribution in [0.5, 0.6) is 0 Å². The van der Waals surface area contributed by atoms with Crippen molar-refractivity contribution in [1.82, 2.24) is 4.98 Å². The SMILES string of the molecule is CCc1ccc(Nc2ccccc2C(F)(F)F)nc1C(C)=O. The molecule has 0 aliphatic rings. The minimum absolute atomic E-state index is 0.0961. The van der Waals surface area contributed by atoms with Gasteiger partial charge < -0.3 is 5.32 Å². The Morgan fingerprint density at radius 3 is 2.45 bits per heavy atom. The summed E-state index contributed by atoms with van der Waals surface area (Å²) in [5.41, 5.74) is 0.168. The summed E-state index contributed by atoms with van der Waals surface area (Å²) in [5, 5.41) is 2.64. The van der Waals surface area contributed by atoms with Gasteiger partial charge in [0.25, 0.3) is 0 Å². The largest absolute Gasteiger partial charge is 0.418 e. The maximum Gasteiger partial charge on any atom is 0.418 e. The van der Waals surface area contributed by atoms with Crippen molar-refractivity contribution in [2.75, 3.05) is 5.32 Å². The Labute approximate surface area is 126 Å². The van der Waals surface area contributed by atoms with Crippen LogP contribution in [0.25, 0.3) is 0 Å². The summed E-state index contributed by atoms with van der Waals surface area (Å²) in [6.07, 6.45) is -3.84. The third kappa shape index (κ3) is 3.44. The zero-order valence-corrected chi connectivity index (χ0v) is 12.2. The summed E-state index contributed by atoms with van der Waals surface area (Å²) in [6.45, 7) is 3.27. The molecule has 2 aromatic rings. The number of hydrogen-bond donors (Lipinski definition) is 1. The van der Waals surface area contributed by atoms with Gasteiger partial charge in [-0.05, 0) is 30.2 Å². The molecular weight excluding hydrogens is 293 g/mol. The van der Waals surface area contributed by atoms with Gasteiger partial charge in [-0.3, -0.25) is 4.79 Å². The molecule has 6 heteroatoms. The van der Waals surface area contributed by atoms with E-state index in [1.165, 1.54) is 25.1 Å². The Hall–Kier alpha value is -2.37. The van der Waals surface area contributed by atoms with Crippen LogP contribution in [0.3, 0.4) is 0 Å². The van der Waals surface area contributed by atoms with Crippen molar-refractivity contribution in [3.63, 3.8) is 0 Å². The third-order valence-corrected chi connectivity index (χ3v) is 3.19. The van der Waals surface area contributed by atoms with E-state index < -0.39 is 11.7 Å². The van der Waals surface area contributed by atoms with Crippen LogP contribution in [0.4, 0.5) is 24.7 Å². The first kappa shape index (κ1) is 16.0. The van der Waals surface area contributed by atoms with E-state index in [1.54, 1.807) is 12.1 Å². The topological polar surface area (TPSA) is 42.0 Å². The fourth-order valence-corrected chi connectivity index (χ4v) is 2.13. The Balaban J connectivity index is 2.40. The van der Waals surface area contributed by atoms with Crippen LogP contribution < -0.4 is 5.32 Å². The van der Waals surface area contributed by atoms with Gasteiger partial charge in [0.1, 0.15) is 11.5 Å². The van der Waals surface area contributed by atoms with Crippen molar-refractivity contribution in [3.05, 3.63) is 53.2 Å². The van der Waals surface area contributed by atoms with E-state index in [1.807, 2.05) is 6.92 Å². The number of carbonyl (C=O) groups excluding carboxylic acids is 1. The first-order valence-corrected chi connectivity index (χ1v) is 6.77. The summed E-state index contributed by atoms with van der Waals surface area (Å²) in [5.74, 6) is -0.0105. The lowest BCUT2D eigenvalue weighted by atomic mass is 10.1. The average Bonchev–Trinajstić information content (AvgIpc) is 2.46. The number of nitrogens with zero attached hydrogens (tertiary/aromatic N) is 1. The molecule has 0 radical (unpaired) electrons. The van der Waals surface area contributed by atoms with E-state index in [-0.39, 0.29) is 23.0 Å². The molecule has 0 bridgehead atoms. The molecule has 0 unspecified atom stereocenters. The number of ketones is 1. The predicted octanol–water partition coefficient (Wildman–Crippen LogP) is 4.61. The second kappa shape index (κ2) is 6.17. The number of anilines is 2. The zero-order valence-electron chi connectivity index (χ0n) is 12.2. The van der Waals surface area contributed by atoms with E-state index >= 15 is 0 Å². The van der Waals surface area contributed by atoms with Gasteiger partial charge in [-0.2, -0.15) is 13.2 Å². The molecule has 0 aliphatic heterocycles. The van der Waals surface area contributed by atoms with Gasteiger partial charge in [-0.25, -0.2) is 4.98 Å². The number of aryl methyl sites for hydroxylation is 1. The van der Waals surface area contributed by atoms with Crippen molar-refractivity contribution in [1.29, 1.82) is 0 Å². The fourth-order valence-electron chi connectivity index (χ4n) is 2.13. The van der Waals surface area contributed by atoms with E-state index in [0.717, 1.165) is 11.6 Å². The summed E-state index contributed by atoms with van der Waals surface area (Å²) < 4.78 is 38.9. The molecular formula is C16H15F3N2O. The number of aromatic nitrogens is 1. The molecule has 2 rings (SSSR count). The number of hydrogen-bond acceptors (Lipinski definition) is 3. The van der Waals surface area contributed by atoms with Gasteiger partial charge >= 0.3 is 6.18 Å².